The maximum absolute atomic E-state index is 13.3. The van der Waals surface area contributed by atoms with E-state index in [1.165, 1.54) is 0 Å². The van der Waals surface area contributed by atoms with Crippen molar-refractivity contribution in [2.45, 2.75) is 46.4 Å². The first-order chi connectivity index (χ1) is 14.7. The number of amides is 1. The maximum Gasteiger partial charge on any atom is 0.259 e. The molecule has 1 saturated heterocycles. The number of hydrogen-bond donors (Lipinski definition) is 2. The minimum absolute atomic E-state index is 0.102. The van der Waals surface area contributed by atoms with Crippen molar-refractivity contribution in [2.75, 3.05) is 18.4 Å². The first kappa shape index (κ1) is 21.7. The number of anilines is 1. The van der Waals surface area contributed by atoms with Crippen molar-refractivity contribution in [3.8, 4) is 5.75 Å². The van der Waals surface area contributed by atoms with E-state index in [9.17, 15) is 9.90 Å². The number of morpholine rings is 1. The summed E-state index contributed by atoms with van der Waals surface area (Å²) < 4.78 is 11.7. The van der Waals surface area contributed by atoms with E-state index < -0.39 is 0 Å². The number of hydrogen-bond acceptors (Lipinski definition) is 5. The highest BCUT2D eigenvalue weighted by molar-refractivity contribution is 6.31. The molecule has 0 bridgehead atoms. The van der Waals surface area contributed by atoms with Gasteiger partial charge in [0.1, 0.15) is 17.1 Å². The number of carbonyl (C=O) groups is 1. The third-order valence-electron chi connectivity index (χ3n) is 5.73. The van der Waals surface area contributed by atoms with Crippen LogP contribution in [0.3, 0.4) is 0 Å². The molecule has 2 atom stereocenters. The van der Waals surface area contributed by atoms with Gasteiger partial charge in [0.05, 0.1) is 17.8 Å². The van der Waals surface area contributed by atoms with Gasteiger partial charge in [0, 0.05) is 41.3 Å². The summed E-state index contributed by atoms with van der Waals surface area (Å²) in [6.45, 7) is 9.70. The van der Waals surface area contributed by atoms with Gasteiger partial charge >= 0.3 is 0 Å². The number of nitrogens with zero attached hydrogens (tertiary/aromatic N) is 1. The molecular formula is C24H27ClN2O4. The van der Waals surface area contributed by atoms with Gasteiger partial charge in [-0.2, -0.15) is 0 Å². The van der Waals surface area contributed by atoms with Crippen molar-refractivity contribution in [1.82, 2.24) is 4.90 Å². The molecule has 0 radical (unpaired) electrons. The van der Waals surface area contributed by atoms with Crippen LogP contribution in [-0.2, 0) is 11.3 Å². The normalized spacial score (nSPS) is 19.6. The summed E-state index contributed by atoms with van der Waals surface area (Å²) in [5.41, 5.74) is 3.12. The van der Waals surface area contributed by atoms with Crippen LogP contribution in [0.2, 0.25) is 5.02 Å². The van der Waals surface area contributed by atoms with Crippen LogP contribution in [0.5, 0.6) is 5.75 Å². The summed E-state index contributed by atoms with van der Waals surface area (Å²) in [5.74, 6) is 0.355. The lowest BCUT2D eigenvalue weighted by Crippen LogP contribution is -2.44. The molecule has 164 valence electrons. The number of ether oxygens (including phenoxy) is 1. The lowest BCUT2D eigenvalue weighted by atomic mass is 10.0. The molecule has 0 aliphatic carbocycles. The van der Waals surface area contributed by atoms with E-state index in [4.69, 9.17) is 20.8 Å². The van der Waals surface area contributed by atoms with Crippen molar-refractivity contribution < 1.29 is 19.1 Å². The molecule has 1 aliphatic rings. The Morgan fingerprint density at radius 1 is 1.19 bits per heavy atom. The molecule has 1 amide bonds. The largest absolute Gasteiger partial charge is 0.508 e. The molecular weight excluding hydrogens is 416 g/mol. The predicted molar refractivity (Wildman–Crippen MR) is 122 cm³/mol. The summed E-state index contributed by atoms with van der Waals surface area (Å²) in [5, 5.41) is 14.9. The topological polar surface area (TPSA) is 74.9 Å². The number of nitrogens with one attached hydrogen (secondary N) is 1. The monoisotopic (exact) mass is 442 g/mol. The second-order valence-electron chi connectivity index (χ2n) is 8.29. The maximum atomic E-state index is 13.3. The van der Waals surface area contributed by atoms with Gasteiger partial charge in [-0.25, -0.2) is 0 Å². The van der Waals surface area contributed by atoms with E-state index in [2.05, 4.69) is 10.2 Å². The lowest BCUT2D eigenvalue weighted by Gasteiger charge is -2.35. The first-order valence-electron chi connectivity index (χ1n) is 10.4. The van der Waals surface area contributed by atoms with E-state index >= 15 is 0 Å². The Morgan fingerprint density at radius 3 is 2.61 bits per heavy atom. The molecule has 2 aromatic carbocycles. The van der Waals surface area contributed by atoms with Crippen LogP contribution in [0.15, 0.2) is 34.7 Å². The molecule has 6 nitrogen and oxygen atoms in total. The highest BCUT2D eigenvalue weighted by Gasteiger charge is 2.27. The quantitative estimate of drug-likeness (QED) is 0.575. The zero-order valence-electron chi connectivity index (χ0n) is 18.2. The Kier molecular flexibility index (Phi) is 5.97. The van der Waals surface area contributed by atoms with Gasteiger partial charge < -0.3 is 19.6 Å². The van der Waals surface area contributed by atoms with Gasteiger partial charge in [0.15, 0.2) is 0 Å². The summed E-state index contributed by atoms with van der Waals surface area (Å²) in [6.07, 6.45) is 0.203. The molecule has 2 heterocycles. The van der Waals surface area contributed by atoms with Crippen LogP contribution in [0.4, 0.5) is 5.69 Å². The van der Waals surface area contributed by atoms with Crippen molar-refractivity contribution in [2.24, 2.45) is 0 Å². The molecule has 1 aliphatic heterocycles. The number of halogens is 1. The minimum atomic E-state index is -0.294. The van der Waals surface area contributed by atoms with E-state index in [1.54, 1.807) is 31.2 Å². The van der Waals surface area contributed by atoms with E-state index in [0.717, 1.165) is 18.7 Å². The molecule has 4 rings (SSSR count). The number of aromatic hydroxyl groups is 1. The number of benzene rings is 2. The van der Waals surface area contributed by atoms with Gasteiger partial charge in [-0.15, -0.1) is 0 Å². The lowest BCUT2D eigenvalue weighted by molar-refractivity contribution is -0.0705. The van der Waals surface area contributed by atoms with Gasteiger partial charge in [0.25, 0.3) is 5.91 Å². The highest BCUT2D eigenvalue weighted by atomic mass is 35.5. The van der Waals surface area contributed by atoms with Crippen LogP contribution in [0.1, 0.15) is 41.1 Å². The molecule has 2 N–H and O–H groups in total. The Morgan fingerprint density at radius 2 is 1.90 bits per heavy atom. The second kappa shape index (κ2) is 8.54. The van der Waals surface area contributed by atoms with Gasteiger partial charge in [0.2, 0.25) is 0 Å². The minimum Gasteiger partial charge on any atom is -0.508 e. The summed E-state index contributed by atoms with van der Waals surface area (Å²) in [7, 11) is 0. The van der Waals surface area contributed by atoms with E-state index in [0.29, 0.717) is 45.1 Å². The average molecular weight is 443 g/mol. The number of rotatable bonds is 4. The fourth-order valence-electron chi connectivity index (χ4n) is 4.36. The Balaban J connectivity index is 1.74. The number of furan rings is 1. The molecule has 2 unspecified atom stereocenters. The van der Waals surface area contributed by atoms with Crippen molar-refractivity contribution in [1.29, 1.82) is 0 Å². The van der Waals surface area contributed by atoms with Crippen molar-refractivity contribution in [3.05, 3.63) is 57.8 Å². The zero-order chi connectivity index (χ0) is 22.3. The highest BCUT2D eigenvalue weighted by Crippen LogP contribution is 2.36. The van der Waals surface area contributed by atoms with Crippen LogP contribution < -0.4 is 5.32 Å². The van der Waals surface area contributed by atoms with Gasteiger partial charge in [-0.1, -0.05) is 17.7 Å². The molecule has 0 saturated carbocycles. The fraction of sp³-hybridized carbons (Fsp3) is 0.375. The van der Waals surface area contributed by atoms with E-state index in [-0.39, 0.29) is 23.9 Å². The Labute approximate surface area is 186 Å². The van der Waals surface area contributed by atoms with Crippen LogP contribution >= 0.6 is 11.6 Å². The SMILES string of the molecule is Cc1oc2ccc(O)c(CN3CC(C)OC(C)C3)c2c1C(=O)Nc1cccc(Cl)c1C. The van der Waals surface area contributed by atoms with Crippen molar-refractivity contribution in [3.63, 3.8) is 0 Å². The Bertz CT molecular complexity index is 1130. The average Bonchev–Trinajstić information content (AvgIpc) is 3.03. The molecule has 1 aromatic heterocycles. The van der Waals surface area contributed by atoms with Crippen molar-refractivity contribution >= 4 is 34.2 Å². The summed E-state index contributed by atoms with van der Waals surface area (Å²) >= 11 is 6.21. The van der Waals surface area contributed by atoms with E-state index in [1.807, 2.05) is 26.8 Å². The number of carbonyl (C=O) groups excluding carboxylic acids is 1. The number of fused-ring (bicyclic) bond motifs is 1. The number of phenols is 1. The van der Waals surface area contributed by atoms with Crippen LogP contribution in [0.25, 0.3) is 11.0 Å². The second-order valence-corrected chi connectivity index (χ2v) is 8.69. The molecule has 3 aromatic rings. The standard InChI is InChI=1S/C24H27ClN2O4/c1-13-10-27(11-14(2)30-13)12-17-20(28)8-9-21-23(17)22(16(4)31-21)24(29)26-19-7-5-6-18(25)15(19)3/h5-9,13-14,28H,10-12H2,1-4H3,(H,26,29). The molecule has 1 fully saturated rings. The molecule has 7 heteroatoms. The third kappa shape index (κ3) is 4.28. The molecule has 31 heavy (non-hydrogen) atoms. The number of phenolic OH excluding ortho intramolecular Hbond substituents is 1. The third-order valence-corrected chi connectivity index (χ3v) is 6.14. The fourth-order valence-corrected chi connectivity index (χ4v) is 4.54. The zero-order valence-corrected chi connectivity index (χ0v) is 18.9. The molecule has 0 spiro atoms. The summed E-state index contributed by atoms with van der Waals surface area (Å²) in [6, 6.07) is 8.71. The summed E-state index contributed by atoms with van der Waals surface area (Å²) in [4.78, 5) is 15.5. The van der Waals surface area contributed by atoms with Gasteiger partial charge in [-0.3, -0.25) is 9.69 Å². The first-order valence-corrected chi connectivity index (χ1v) is 10.8. The van der Waals surface area contributed by atoms with Crippen LogP contribution in [0, 0.1) is 13.8 Å². The van der Waals surface area contributed by atoms with Gasteiger partial charge in [-0.05, 0) is 57.5 Å². The Hall–Kier alpha value is -2.54. The predicted octanol–water partition coefficient (Wildman–Crippen LogP) is 5.27. The number of aryl methyl sites for hydroxylation is 1. The smallest absolute Gasteiger partial charge is 0.259 e. The van der Waals surface area contributed by atoms with Crippen LogP contribution in [-0.4, -0.2) is 41.2 Å².